The maximum Gasteiger partial charge on any atom is 0.249 e. The molecule has 2 unspecified atom stereocenters. The lowest BCUT2D eigenvalue weighted by atomic mass is 10.0. The highest BCUT2D eigenvalue weighted by molar-refractivity contribution is 5.86. The lowest BCUT2D eigenvalue weighted by molar-refractivity contribution is -0.122. The highest BCUT2D eigenvalue weighted by Gasteiger charge is 2.43. The average Bonchev–Trinajstić information content (AvgIpc) is 3.42. The molecule has 1 aliphatic carbocycles. The van der Waals surface area contributed by atoms with E-state index in [1.807, 2.05) is 18.6 Å². The zero-order valence-corrected chi connectivity index (χ0v) is 20.2. The van der Waals surface area contributed by atoms with Crippen LogP contribution in [-0.4, -0.2) is 59.1 Å². The number of nitrogens with one attached hydrogen (secondary N) is 2. The molecule has 8 heteroatoms. The Balaban J connectivity index is 1.46. The van der Waals surface area contributed by atoms with Crippen molar-refractivity contribution in [3.05, 3.63) is 59.5 Å². The van der Waals surface area contributed by atoms with Crippen molar-refractivity contribution in [1.82, 2.24) is 30.4 Å². The third-order valence-electron chi connectivity index (χ3n) is 7.05. The molecule has 0 bridgehead atoms. The van der Waals surface area contributed by atoms with Crippen LogP contribution in [0.2, 0.25) is 0 Å². The van der Waals surface area contributed by atoms with E-state index >= 15 is 0 Å². The van der Waals surface area contributed by atoms with E-state index in [9.17, 15) is 4.79 Å². The minimum atomic E-state index is -0.406. The van der Waals surface area contributed by atoms with Gasteiger partial charge in [0.25, 0.3) is 0 Å². The monoisotopic (exact) mass is 451 g/mol. The van der Waals surface area contributed by atoms with Crippen molar-refractivity contribution in [2.45, 2.75) is 57.8 Å². The summed E-state index contributed by atoms with van der Waals surface area (Å²) in [5.74, 6) is 6.41. The number of nitrogens with zero attached hydrogens (tertiary/aromatic N) is 4. The number of hydrogen-bond acceptors (Lipinski definition) is 7. The number of hydrogen-bond donors (Lipinski definition) is 3. The van der Waals surface area contributed by atoms with Crippen LogP contribution in [0.15, 0.2) is 48.3 Å². The van der Waals surface area contributed by atoms with E-state index in [1.165, 1.54) is 25.7 Å². The SMILES string of the molecule is CC/C(=C\N(C)N)c1cncc(CNC(=O)C2NC=CC3=C2N(C)C(C2CCCC2)N3C)c1. The van der Waals surface area contributed by atoms with Crippen molar-refractivity contribution in [3.63, 3.8) is 0 Å². The molecule has 3 heterocycles. The molecule has 1 fully saturated rings. The van der Waals surface area contributed by atoms with Crippen LogP contribution in [0.5, 0.6) is 0 Å². The molecule has 1 amide bonds. The molecule has 33 heavy (non-hydrogen) atoms. The Kier molecular flexibility index (Phi) is 6.93. The first kappa shape index (κ1) is 23.2. The normalized spacial score (nSPS) is 23.1. The molecule has 1 saturated carbocycles. The molecule has 0 spiro atoms. The summed E-state index contributed by atoms with van der Waals surface area (Å²) in [5, 5.41) is 7.95. The molecule has 0 saturated heterocycles. The van der Waals surface area contributed by atoms with Crippen molar-refractivity contribution >= 4 is 11.5 Å². The molecular formula is C25H37N7O. The van der Waals surface area contributed by atoms with Crippen LogP contribution in [0.1, 0.15) is 50.2 Å². The van der Waals surface area contributed by atoms with Gasteiger partial charge in [0, 0.05) is 46.3 Å². The predicted molar refractivity (Wildman–Crippen MR) is 131 cm³/mol. The number of rotatable bonds is 7. The summed E-state index contributed by atoms with van der Waals surface area (Å²) in [7, 11) is 6.08. The second-order valence-corrected chi connectivity index (χ2v) is 9.36. The van der Waals surface area contributed by atoms with Crippen LogP contribution >= 0.6 is 0 Å². The smallest absolute Gasteiger partial charge is 0.249 e. The van der Waals surface area contributed by atoms with Crippen molar-refractivity contribution in [2.75, 3.05) is 21.1 Å². The number of amides is 1. The van der Waals surface area contributed by atoms with Crippen LogP contribution in [-0.2, 0) is 11.3 Å². The van der Waals surface area contributed by atoms with E-state index in [0.717, 1.165) is 34.5 Å². The summed E-state index contributed by atoms with van der Waals surface area (Å²) in [4.78, 5) is 22.3. The number of aromatic nitrogens is 1. The predicted octanol–water partition coefficient (Wildman–Crippen LogP) is 2.34. The second kappa shape index (κ2) is 9.87. The van der Waals surface area contributed by atoms with E-state index in [4.69, 9.17) is 5.84 Å². The molecule has 3 aliphatic rings. The van der Waals surface area contributed by atoms with E-state index in [2.05, 4.69) is 58.6 Å². The number of dihydropyridines is 1. The van der Waals surface area contributed by atoms with Gasteiger partial charge in [-0.2, -0.15) is 0 Å². The molecule has 4 rings (SSSR count). The molecule has 0 radical (unpaired) electrons. The van der Waals surface area contributed by atoms with Gasteiger partial charge >= 0.3 is 0 Å². The first-order chi connectivity index (χ1) is 15.9. The van der Waals surface area contributed by atoms with Gasteiger partial charge in [-0.3, -0.25) is 9.78 Å². The highest BCUT2D eigenvalue weighted by atomic mass is 16.2. The molecular weight excluding hydrogens is 414 g/mol. The lowest BCUT2D eigenvalue weighted by Crippen LogP contribution is -2.49. The topological polar surface area (TPSA) is 89.8 Å². The summed E-state index contributed by atoms with van der Waals surface area (Å²) in [6.07, 6.45) is 15.8. The van der Waals surface area contributed by atoms with Gasteiger partial charge in [-0.25, -0.2) is 5.84 Å². The molecule has 1 aromatic rings. The average molecular weight is 452 g/mol. The maximum atomic E-state index is 13.3. The second-order valence-electron chi connectivity index (χ2n) is 9.36. The Bertz CT molecular complexity index is 961. The van der Waals surface area contributed by atoms with Gasteiger partial charge < -0.3 is 25.4 Å². The Morgan fingerprint density at radius 2 is 2.06 bits per heavy atom. The number of likely N-dealkylation sites (N-methyl/N-ethyl adjacent to an activating group) is 2. The quantitative estimate of drug-likeness (QED) is 0.433. The Hall–Kier alpha value is -3.00. The van der Waals surface area contributed by atoms with Crippen LogP contribution in [0.25, 0.3) is 5.57 Å². The number of carbonyl (C=O) groups excluding carboxylic acids is 1. The van der Waals surface area contributed by atoms with E-state index in [1.54, 1.807) is 18.3 Å². The number of pyridine rings is 1. The molecule has 2 atom stereocenters. The number of carbonyl (C=O) groups is 1. The van der Waals surface area contributed by atoms with Crippen LogP contribution in [0, 0.1) is 5.92 Å². The van der Waals surface area contributed by atoms with Crippen molar-refractivity contribution < 1.29 is 4.79 Å². The van der Waals surface area contributed by atoms with Gasteiger partial charge in [0.05, 0.1) is 11.4 Å². The van der Waals surface area contributed by atoms with Gasteiger partial charge in [-0.15, -0.1) is 0 Å². The van der Waals surface area contributed by atoms with Crippen molar-refractivity contribution in [2.24, 2.45) is 11.8 Å². The van der Waals surface area contributed by atoms with Crippen molar-refractivity contribution in [1.29, 1.82) is 0 Å². The van der Waals surface area contributed by atoms with Crippen LogP contribution < -0.4 is 16.5 Å². The molecule has 4 N–H and O–H groups in total. The number of allylic oxidation sites excluding steroid dienone is 2. The fourth-order valence-corrected chi connectivity index (χ4v) is 5.52. The Morgan fingerprint density at radius 3 is 2.76 bits per heavy atom. The minimum Gasteiger partial charge on any atom is -0.375 e. The van der Waals surface area contributed by atoms with Gasteiger partial charge in [0.1, 0.15) is 12.2 Å². The van der Waals surface area contributed by atoms with Gasteiger partial charge in [-0.1, -0.05) is 19.8 Å². The van der Waals surface area contributed by atoms with Crippen molar-refractivity contribution in [3.8, 4) is 0 Å². The molecule has 0 aromatic carbocycles. The largest absolute Gasteiger partial charge is 0.375 e. The van der Waals surface area contributed by atoms with E-state index < -0.39 is 6.04 Å². The van der Waals surface area contributed by atoms with E-state index in [-0.39, 0.29) is 5.91 Å². The highest BCUT2D eigenvalue weighted by Crippen LogP contribution is 2.40. The molecule has 8 nitrogen and oxygen atoms in total. The van der Waals surface area contributed by atoms with Gasteiger partial charge in [0.2, 0.25) is 5.91 Å². The Labute approximate surface area is 197 Å². The summed E-state index contributed by atoms with van der Waals surface area (Å²) >= 11 is 0. The number of nitrogens with two attached hydrogens (primary N) is 1. The fraction of sp³-hybridized carbons (Fsp3) is 0.520. The minimum absolute atomic E-state index is 0.0301. The van der Waals surface area contributed by atoms with Crippen LogP contribution in [0.3, 0.4) is 0 Å². The van der Waals surface area contributed by atoms with Crippen LogP contribution in [0.4, 0.5) is 0 Å². The fourth-order valence-electron chi connectivity index (χ4n) is 5.52. The third-order valence-corrected chi connectivity index (χ3v) is 7.05. The number of hydrazine groups is 1. The van der Waals surface area contributed by atoms with Gasteiger partial charge in [0.15, 0.2) is 0 Å². The zero-order chi connectivity index (χ0) is 23.5. The van der Waals surface area contributed by atoms with Gasteiger partial charge in [-0.05, 0) is 60.2 Å². The summed E-state index contributed by atoms with van der Waals surface area (Å²) in [5.41, 5.74) is 5.27. The molecule has 2 aliphatic heterocycles. The third kappa shape index (κ3) is 4.71. The molecule has 178 valence electrons. The molecule has 1 aromatic heterocycles. The summed E-state index contributed by atoms with van der Waals surface area (Å²) < 4.78 is 0. The first-order valence-electron chi connectivity index (χ1n) is 11.9. The zero-order valence-electron chi connectivity index (χ0n) is 20.2. The standard InChI is InChI=1S/C25H37N7O/c1-5-18(16-30(2)26)20-12-17(13-27-15-20)14-29-24(33)22-23-21(10-11-28-22)31(3)25(32(23)4)19-8-6-7-9-19/h10-13,15-16,19,22,25,28H,5-9,14,26H2,1-4H3,(H,29,33)/b18-16+. The summed E-state index contributed by atoms with van der Waals surface area (Å²) in [6.45, 7) is 2.51. The first-order valence-corrected chi connectivity index (χ1v) is 11.9. The maximum absolute atomic E-state index is 13.3. The lowest BCUT2D eigenvalue weighted by Gasteiger charge is -2.35. The van der Waals surface area contributed by atoms with E-state index in [0.29, 0.717) is 18.6 Å². The Morgan fingerprint density at radius 1 is 1.30 bits per heavy atom. The summed E-state index contributed by atoms with van der Waals surface area (Å²) in [6, 6.07) is 1.66.